The van der Waals surface area contributed by atoms with E-state index in [0.717, 1.165) is 37.7 Å². The van der Waals surface area contributed by atoms with Crippen LogP contribution in [-0.4, -0.2) is 35.7 Å². The average molecular weight is 453 g/mol. The summed E-state index contributed by atoms with van der Waals surface area (Å²) in [5.41, 5.74) is 1.42. The summed E-state index contributed by atoms with van der Waals surface area (Å²) < 4.78 is 6.75. The number of nitrogens with zero attached hydrogens (tertiary/aromatic N) is 6. The molecule has 3 aromatic rings. The number of anilines is 1. The molecular weight excluding hydrogens is 420 g/mol. The van der Waals surface area contributed by atoms with Crippen molar-refractivity contribution in [2.75, 3.05) is 5.32 Å². The largest absolute Gasteiger partial charge is 0.439 e. The Morgan fingerprint density at radius 3 is 2.61 bits per heavy atom. The first kappa shape index (κ1) is 23.0. The van der Waals surface area contributed by atoms with E-state index < -0.39 is 5.76 Å². The van der Waals surface area contributed by atoms with E-state index in [1.165, 1.54) is 19.3 Å². The topological polar surface area (TPSA) is 138 Å². The van der Waals surface area contributed by atoms with Gasteiger partial charge in [-0.2, -0.15) is 5.26 Å². The van der Waals surface area contributed by atoms with E-state index >= 15 is 0 Å². The molecule has 2 aliphatic carbocycles. The molecular formula is C23H32N8O2. The summed E-state index contributed by atoms with van der Waals surface area (Å²) in [5, 5.41) is 16.5. The fraction of sp³-hybridized carbons (Fsp3) is 0.652. The summed E-state index contributed by atoms with van der Waals surface area (Å²) >= 11 is 0. The van der Waals surface area contributed by atoms with Crippen LogP contribution in [0.3, 0.4) is 0 Å². The minimum Gasteiger partial charge on any atom is -0.365 e. The van der Waals surface area contributed by atoms with E-state index in [-0.39, 0.29) is 23.6 Å². The molecule has 1 unspecified atom stereocenters. The Morgan fingerprint density at radius 2 is 2.00 bits per heavy atom. The van der Waals surface area contributed by atoms with Crippen LogP contribution in [0.25, 0.3) is 22.8 Å². The number of aromatic nitrogens is 6. The van der Waals surface area contributed by atoms with E-state index in [1.54, 1.807) is 0 Å². The first-order valence-electron chi connectivity index (χ1n) is 12.1. The number of nitriles is 1. The molecule has 2 saturated carbocycles. The summed E-state index contributed by atoms with van der Waals surface area (Å²) in [6.45, 7) is 7.00. The minimum absolute atomic E-state index is 0.187. The van der Waals surface area contributed by atoms with Crippen molar-refractivity contribution in [2.24, 2.45) is 17.8 Å². The van der Waals surface area contributed by atoms with Gasteiger partial charge in [0.2, 0.25) is 11.6 Å². The first-order valence-corrected chi connectivity index (χ1v) is 12.1. The lowest BCUT2D eigenvalue weighted by molar-refractivity contribution is 0.284. The van der Waals surface area contributed by atoms with Crippen LogP contribution in [0.15, 0.2) is 15.6 Å². The number of H-pyrrole nitrogens is 1. The molecule has 10 nitrogen and oxygen atoms in total. The van der Waals surface area contributed by atoms with Crippen molar-refractivity contribution in [3.63, 3.8) is 0 Å². The monoisotopic (exact) mass is 452 g/mol. The zero-order valence-corrected chi connectivity index (χ0v) is 19.5. The van der Waals surface area contributed by atoms with Crippen LogP contribution in [0.1, 0.15) is 65.7 Å². The van der Waals surface area contributed by atoms with Gasteiger partial charge >= 0.3 is 5.76 Å². The smallest absolute Gasteiger partial charge is 0.365 e. The third kappa shape index (κ3) is 4.92. The maximum atomic E-state index is 11.4. The minimum atomic E-state index is -0.644. The van der Waals surface area contributed by atoms with Gasteiger partial charge in [-0.3, -0.25) is 9.51 Å². The second-order valence-corrected chi connectivity index (χ2v) is 8.88. The van der Waals surface area contributed by atoms with E-state index in [9.17, 15) is 4.79 Å². The lowest BCUT2D eigenvalue weighted by Gasteiger charge is -2.32. The normalized spacial score (nSPS) is 21.5. The molecule has 33 heavy (non-hydrogen) atoms. The first-order chi connectivity index (χ1) is 16.1. The maximum Gasteiger partial charge on any atom is 0.439 e. The number of nitrogens with one attached hydrogen (secondary N) is 2. The second kappa shape index (κ2) is 10.1. The van der Waals surface area contributed by atoms with Gasteiger partial charge in [0.05, 0.1) is 12.4 Å². The van der Waals surface area contributed by atoms with Crippen molar-refractivity contribution >= 4 is 17.0 Å². The molecule has 2 aliphatic rings. The lowest BCUT2D eigenvalue weighted by Crippen LogP contribution is -2.31. The predicted octanol–water partition coefficient (Wildman–Crippen LogP) is 4.13. The Hall–Kier alpha value is -3.22. The molecule has 0 saturated heterocycles. The van der Waals surface area contributed by atoms with Gasteiger partial charge < -0.3 is 9.88 Å². The molecule has 3 aromatic heterocycles. The molecule has 0 spiro atoms. The van der Waals surface area contributed by atoms with Gasteiger partial charge in [-0.15, -0.1) is 0 Å². The molecule has 0 radical (unpaired) electrons. The van der Waals surface area contributed by atoms with Crippen molar-refractivity contribution in [2.45, 2.75) is 78.3 Å². The van der Waals surface area contributed by atoms with Crippen LogP contribution in [0.2, 0.25) is 0 Å². The molecule has 0 amide bonds. The Balaban J connectivity index is 0.00000126. The van der Waals surface area contributed by atoms with Gasteiger partial charge in [0.15, 0.2) is 11.5 Å². The highest BCUT2D eigenvalue weighted by molar-refractivity contribution is 5.85. The fourth-order valence-corrected chi connectivity index (χ4v) is 4.68. The van der Waals surface area contributed by atoms with Gasteiger partial charge in [-0.05, 0) is 57.3 Å². The number of imidazole rings is 1. The number of hydrogen-bond acceptors (Lipinski definition) is 8. The summed E-state index contributed by atoms with van der Waals surface area (Å²) in [5.74, 6) is 1.84. The molecule has 0 bridgehead atoms. The lowest BCUT2D eigenvalue weighted by atomic mass is 9.80. The van der Waals surface area contributed by atoms with E-state index in [0.29, 0.717) is 23.3 Å². The molecule has 0 aliphatic heterocycles. The van der Waals surface area contributed by atoms with Crippen molar-refractivity contribution in [3.8, 4) is 17.7 Å². The molecule has 5 rings (SSSR count). The van der Waals surface area contributed by atoms with Crippen molar-refractivity contribution in [3.05, 3.63) is 16.9 Å². The predicted molar refractivity (Wildman–Crippen MR) is 124 cm³/mol. The third-order valence-electron chi connectivity index (χ3n) is 6.83. The molecule has 10 heteroatoms. The molecule has 0 aromatic carbocycles. The van der Waals surface area contributed by atoms with Crippen LogP contribution < -0.4 is 11.1 Å². The Bertz CT molecular complexity index is 1160. The number of aromatic amines is 1. The van der Waals surface area contributed by atoms with Gasteiger partial charge in [0, 0.05) is 18.5 Å². The second-order valence-electron chi connectivity index (χ2n) is 8.88. The van der Waals surface area contributed by atoms with Gasteiger partial charge in [0.1, 0.15) is 5.52 Å². The van der Waals surface area contributed by atoms with Crippen molar-refractivity contribution < 1.29 is 4.52 Å². The zero-order valence-electron chi connectivity index (χ0n) is 19.5. The Morgan fingerprint density at radius 1 is 1.24 bits per heavy atom. The Kier molecular flexibility index (Phi) is 7.06. The van der Waals surface area contributed by atoms with Crippen LogP contribution in [0.5, 0.6) is 0 Å². The summed E-state index contributed by atoms with van der Waals surface area (Å²) in [6.07, 6.45) is 9.50. The molecule has 3 heterocycles. The van der Waals surface area contributed by atoms with Crippen LogP contribution in [0, 0.1) is 29.1 Å². The molecule has 2 fully saturated rings. The quantitative estimate of drug-likeness (QED) is 0.569. The van der Waals surface area contributed by atoms with Crippen LogP contribution >= 0.6 is 0 Å². The van der Waals surface area contributed by atoms with Crippen LogP contribution in [-0.2, 0) is 6.54 Å². The number of rotatable bonds is 6. The summed E-state index contributed by atoms with van der Waals surface area (Å²) in [6, 6.07) is 2.67. The van der Waals surface area contributed by atoms with Gasteiger partial charge in [-0.1, -0.05) is 25.4 Å². The maximum absolute atomic E-state index is 11.4. The van der Waals surface area contributed by atoms with Gasteiger partial charge in [-0.25, -0.2) is 19.7 Å². The summed E-state index contributed by atoms with van der Waals surface area (Å²) in [4.78, 5) is 27.7. The third-order valence-corrected chi connectivity index (χ3v) is 6.83. The average Bonchev–Trinajstić information content (AvgIpc) is 3.41. The van der Waals surface area contributed by atoms with Crippen LogP contribution in [0.4, 0.5) is 5.82 Å². The highest BCUT2D eigenvalue weighted by Gasteiger charge is 2.27. The molecule has 176 valence electrons. The highest BCUT2D eigenvalue weighted by Crippen LogP contribution is 2.34. The van der Waals surface area contributed by atoms with E-state index in [1.807, 2.05) is 20.2 Å². The summed E-state index contributed by atoms with van der Waals surface area (Å²) in [7, 11) is 0. The Labute approximate surface area is 192 Å². The number of fused-ring (bicyclic) bond motifs is 1. The molecule has 1 atom stereocenters. The highest BCUT2D eigenvalue weighted by atomic mass is 16.5. The van der Waals surface area contributed by atoms with Gasteiger partial charge in [0.25, 0.3) is 0 Å². The van der Waals surface area contributed by atoms with E-state index in [2.05, 4.69) is 47.5 Å². The van der Waals surface area contributed by atoms with Crippen molar-refractivity contribution in [1.29, 1.82) is 5.26 Å². The van der Waals surface area contributed by atoms with E-state index in [4.69, 9.17) is 10.2 Å². The standard InChI is InChI=1S/C21H26N8O2.C2H6/c1-12(15-3-2-4-15)24-18-16-17(25-19(26-18)20-27-21(30)31-28-20)23-11-29(16)10-14-7-5-13(9-22)6-8-14;1-2/h11-15H,2-8,10H2,1H3,(H,24,25,26)(H,27,28,30);1-2H3. The fourth-order valence-electron chi connectivity index (χ4n) is 4.68. The van der Waals surface area contributed by atoms with Crippen molar-refractivity contribution in [1.82, 2.24) is 29.7 Å². The molecule has 2 N–H and O–H groups in total. The number of hydrogen-bond donors (Lipinski definition) is 2. The SMILES string of the molecule is CC.CC(Nc1nc(-c2noc(=O)[nH]2)nc2ncn(CC3CCC(C#N)CC3)c12)C1CCC1. The zero-order chi connectivity index (χ0) is 23.4.